The summed E-state index contributed by atoms with van der Waals surface area (Å²) in [6.07, 6.45) is 0.694. The third-order valence-electron chi connectivity index (χ3n) is 3.26. The number of halogens is 3. The number of ether oxygens (including phenoxy) is 2. The molecule has 0 spiro atoms. The van der Waals surface area contributed by atoms with Crippen molar-refractivity contribution in [2.45, 2.75) is 6.42 Å². The average molecular weight is 417 g/mol. The molecule has 0 atom stereocenters. The van der Waals surface area contributed by atoms with E-state index >= 15 is 0 Å². The van der Waals surface area contributed by atoms with Crippen molar-refractivity contribution in [2.75, 3.05) is 19.8 Å². The van der Waals surface area contributed by atoms with Crippen LogP contribution in [0, 0.1) is 0 Å². The van der Waals surface area contributed by atoms with Crippen molar-refractivity contribution >= 4 is 46.7 Å². The Labute approximate surface area is 166 Å². The molecule has 2 rings (SSSR count). The first-order valence-corrected chi connectivity index (χ1v) is 8.82. The van der Waals surface area contributed by atoms with E-state index in [9.17, 15) is 9.59 Å². The minimum atomic E-state index is -0.703. The van der Waals surface area contributed by atoms with E-state index in [1.54, 1.807) is 0 Å². The Morgan fingerprint density at radius 1 is 0.923 bits per heavy atom. The zero-order valence-electron chi connectivity index (χ0n) is 13.6. The maximum Gasteiger partial charge on any atom is 0.344 e. The lowest BCUT2D eigenvalue weighted by atomic mass is 10.1. The molecule has 0 bridgehead atoms. The molecular weight excluding hydrogens is 401 g/mol. The van der Waals surface area contributed by atoms with Crippen LogP contribution in [0.4, 0.5) is 0 Å². The lowest BCUT2D eigenvalue weighted by molar-refractivity contribution is -0.150. The number of hydrogen-bond acceptors (Lipinski definition) is 4. The second-order valence-electron chi connectivity index (χ2n) is 5.23. The molecule has 1 N–H and O–H groups in total. The highest BCUT2D eigenvalue weighted by Gasteiger charge is 2.11. The van der Waals surface area contributed by atoms with Gasteiger partial charge in [0.15, 0.2) is 13.2 Å². The molecule has 0 heterocycles. The second-order valence-corrected chi connectivity index (χ2v) is 6.45. The zero-order valence-corrected chi connectivity index (χ0v) is 15.9. The van der Waals surface area contributed by atoms with Crippen molar-refractivity contribution in [2.24, 2.45) is 0 Å². The van der Waals surface area contributed by atoms with E-state index in [1.807, 2.05) is 30.3 Å². The topological polar surface area (TPSA) is 64.6 Å². The Morgan fingerprint density at radius 3 is 2.35 bits per heavy atom. The van der Waals surface area contributed by atoms with Crippen LogP contribution in [0.15, 0.2) is 42.5 Å². The second kappa shape index (κ2) is 10.3. The summed E-state index contributed by atoms with van der Waals surface area (Å²) >= 11 is 17.6. The van der Waals surface area contributed by atoms with Crippen LogP contribution in [-0.4, -0.2) is 31.6 Å². The van der Waals surface area contributed by atoms with Crippen LogP contribution in [0.5, 0.6) is 5.75 Å². The number of carbonyl (C=O) groups is 2. The van der Waals surface area contributed by atoms with Gasteiger partial charge >= 0.3 is 5.97 Å². The van der Waals surface area contributed by atoms with Gasteiger partial charge in [0.25, 0.3) is 5.91 Å². The lowest BCUT2D eigenvalue weighted by Crippen LogP contribution is -2.31. The summed E-state index contributed by atoms with van der Waals surface area (Å²) in [6.45, 7) is -0.336. The third-order valence-corrected chi connectivity index (χ3v) is 4.28. The SMILES string of the molecule is O=C(COC(=O)COc1cc(Cl)c(Cl)cc1Cl)NCCc1ccccc1. The molecule has 8 heteroatoms. The summed E-state index contributed by atoms with van der Waals surface area (Å²) < 4.78 is 10.1. The van der Waals surface area contributed by atoms with Gasteiger partial charge in [0, 0.05) is 12.6 Å². The van der Waals surface area contributed by atoms with Crippen LogP contribution >= 0.6 is 34.8 Å². The average Bonchev–Trinajstić information content (AvgIpc) is 2.63. The van der Waals surface area contributed by atoms with Crippen molar-refractivity contribution in [3.8, 4) is 5.75 Å². The fourth-order valence-corrected chi connectivity index (χ4v) is 2.57. The number of hydrogen-bond donors (Lipinski definition) is 1. The van der Waals surface area contributed by atoms with Gasteiger partial charge in [-0.3, -0.25) is 4.79 Å². The van der Waals surface area contributed by atoms with Crippen LogP contribution in [0.2, 0.25) is 15.1 Å². The molecular formula is C18H16Cl3NO4. The Bertz CT molecular complexity index is 769. The third kappa shape index (κ3) is 6.75. The van der Waals surface area contributed by atoms with Gasteiger partial charge in [0.1, 0.15) is 5.75 Å². The molecule has 0 aromatic heterocycles. The molecule has 2 aromatic carbocycles. The highest BCUT2D eigenvalue weighted by Crippen LogP contribution is 2.33. The predicted molar refractivity (Wildman–Crippen MR) is 101 cm³/mol. The Morgan fingerprint density at radius 2 is 1.62 bits per heavy atom. The number of esters is 1. The molecule has 0 saturated heterocycles. The molecule has 0 unspecified atom stereocenters. The van der Waals surface area contributed by atoms with E-state index in [-0.39, 0.29) is 33.3 Å². The van der Waals surface area contributed by atoms with E-state index < -0.39 is 12.6 Å². The fraction of sp³-hybridized carbons (Fsp3) is 0.222. The van der Waals surface area contributed by atoms with Gasteiger partial charge in [-0.2, -0.15) is 0 Å². The molecule has 0 aliphatic carbocycles. The largest absolute Gasteiger partial charge is 0.480 e. The van der Waals surface area contributed by atoms with Crippen molar-refractivity contribution in [3.63, 3.8) is 0 Å². The minimum absolute atomic E-state index is 0.199. The first-order chi connectivity index (χ1) is 12.5. The van der Waals surface area contributed by atoms with Crippen molar-refractivity contribution in [1.29, 1.82) is 0 Å². The van der Waals surface area contributed by atoms with Crippen molar-refractivity contribution in [1.82, 2.24) is 5.32 Å². The molecule has 0 aliphatic heterocycles. The number of carbonyl (C=O) groups excluding carboxylic acids is 2. The molecule has 0 saturated carbocycles. The minimum Gasteiger partial charge on any atom is -0.480 e. The lowest BCUT2D eigenvalue weighted by Gasteiger charge is -2.10. The number of benzene rings is 2. The van der Waals surface area contributed by atoms with Crippen LogP contribution in [-0.2, 0) is 20.7 Å². The van der Waals surface area contributed by atoms with Crippen molar-refractivity contribution in [3.05, 3.63) is 63.1 Å². The van der Waals surface area contributed by atoms with Crippen LogP contribution < -0.4 is 10.1 Å². The van der Waals surface area contributed by atoms with Gasteiger partial charge in [0.05, 0.1) is 15.1 Å². The first kappa shape index (κ1) is 20.4. The molecule has 5 nitrogen and oxygen atoms in total. The van der Waals surface area contributed by atoms with Crippen molar-refractivity contribution < 1.29 is 19.1 Å². The van der Waals surface area contributed by atoms with Crippen LogP contribution in [0.3, 0.4) is 0 Å². The van der Waals surface area contributed by atoms with Gasteiger partial charge < -0.3 is 14.8 Å². The van der Waals surface area contributed by atoms with E-state index in [4.69, 9.17) is 44.3 Å². The monoisotopic (exact) mass is 415 g/mol. The molecule has 0 fully saturated rings. The number of nitrogens with one attached hydrogen (secondary N) is 1. The molecule has 26 heavy (non-hydrogen) atoms. The van der Waals surface area contributed by atoms with E-state index in [2.05, 4.69) is 5.32 Å². The Kier molecular flexibility index (Phi) is 8.04. The predicted octanol–water partition coefficient (Wildman–Crippen LogP) is 3.93. The van der Waals surface area contributed by atoms with Gasteiger partial charge in [-0.1, -0.05) is 65.1 Å². The summed E-state index contributed by atoms with van der Waals surface area (Å²) in [6, 6.07) is 12.5. The highest BCUT2D eigenvalue weighted by atomic mass is 35.5. The van der Waals surface area contributed by atoms with Gasteiger partial charge in [0.2, 0.25) is 0 Å². The van der Waals surface area contributed by atoms with Crippen LogP contribution in [0.1, 0.15) is 5.56 Å². The van der Waals surface area contributed by atoms with E-state index in [1.165, 1.54) is 12.1 Å². The van der Waals surface area contributed by atoms with Gasteiger partial charge in [-0.15, -0.1) is 0 Å². The fourth-order valence-electron chi connectivity index (χ4n) is 1.98. The van der Waals surface area contributed by atoms with E-state index in [0.29, 0.717) is 13.0 Å². The summed E-state index contributed by atoms with van der Waals surface area (Å²) in [5, 5.41) is 3.41. The Balaban J connectivity index is 1.66. The zero-order chi connectivity index (χ0) is 18.9. The Hall–Kier alpha value is -1.95. The number of rotatable bonds is 8. The standard InChI is InChI=1S/C18H16Cl3NO4/c19-13-8-15(21)16(9-14(13)20)25-11-18(24)26-10-17(23)22-7-6-12-4-2-1-3-5-12/h1-5,8-9H,6-7,10-11H2,(H,22,23). The molecule has 2 aromatic rings. The van der Waals surface area contributed by atoms with Gasteiger partial charge in [-0.05, 0) is 18.1 Å². The summed E-state index contributed by atoms with van der Waals surface area (Å²) in [5.41, 5.74) is 1.11. The summed E-state index contributed by atoms with van der Waals surface area (Å²) in [4.78, 5) is 23.3. The maximum absolute atomic E-state index is 11.7. The summed E-state index contributed by atoms with van der Waals surface area (Å²) in [5.74, 6) is -0.891. The normalized spacial score (nSPS) is 10.3. The quantitative estimate of drug-likeness (QED) is 0.523. The molecule has 0 aliphatic rings. The molecule has 0 radical (unpaired) electrons. The summed E-state index contributed by atoms with van der Waals surface area (Å²) in [7, 11) is 0. The van der Waals surface area contributed by atoms with Gasteiger partial charge in [-0.25, -0.2) is 4.79 Å². The first-order valence-electron chi connectivity index (χ1n) is 7.69. The smallest absolute Gasteiger partial charge is 0.344 e. The highest BCUT2D eigenvalue weighted by molar-refractivity contribution is 6.43. The van der Waals surface area contributed by atoms with Crippen LogP contribution in [0.25, 0.3) is 0 Å². The maximum atomic E-state index is 11.7. The molecule has 138 valence electrons. The number of amides is 1. The van der Waals surface area contributed by atoms with E-state index in [0.717, 1.165) is 5.56 Å². The molecule has 1 amide bonds.